The van der Waals surface area contributed by atoms with Crippen molar-refractivity contribution in [3.63, 3.8) is 0 Å². The second kappa shape index (κ2) is 12.8. The van der Waals surface area contributed by atoms with Gasteiger partial charge in [0, 0.05) is 56.6 Å². The average Bonchev–Trinajstić information content (AvgIpc) is 3.18. The van der Waals surface area contributed by atoms with Crippen LogP contribution in [0, 0.1) is 18.6 Å². The second-order valence-electron chi connectivity index (χ2n) is 7.80. The Kier molecular flexibility index (Phi) is 10.4. The van der Waals surface area contributed by atoms with Crippen LogP contribution in [0.15, 0.2) is 46.2 Å². The van der Waals surface area contributed by atoms with Gasteiger partial charge in [0.05, 0.1) is 5.69 Å². The van der Waals surface area contributed by atoms with Crippen molar-refractivity contribution in [1.29, 1.82) is 0 Å². The lowest BCUT2D eigenvalue weighted by molar-refractivity contribution is 0.580. The maximum atomic E-state index is 14.1. The molecule has 6 nitrogen and oxygen atoms in total. The molecule has 1 aromatic heterocycles. The zero-order chi connectivity index (χ0) is 22.2. The monoisotopic (exact) mass is 559 g/mol. The van der Waals surface area contributed by atoms with Crippen LogP contribution in [-0.2, 0) is 6.54 Å². The normalized spacial score (nSPS) is 16.1. The first-order chi connectivity index (χ1) is 15.0. The Morgan fingerprint density at radius 1 is 1.22 bits per heavy atom. The molecule has 9 heteroatoms. The summed E-state index contributed by atoms with van der Waals surface area (Å²) in [6.45, 7) is 7.36. The van der Waals surface area contributed by atoms with E-state index in [0.29, 0.717) is 31.9 Å². The smallest absolute Gasteiger partial charge is 0.250 e. The lowest BCUT2D eigenvalue weighted by atomic mass is 10.2. The summed E-state index contributed by atoms with van der Waals surface area (Å²) in [6, 6.07) is 9.14. The SMILES string of the molecule is CCNC(=NCCCCn1c(C)cccc1=O)NC1CCN(c2ccc(F)cc2F)C1.I. The molecule has 1 saturated heterocycles. The molecule has 0 aliphatic carbocycles. The van der Waals surface area contributed by atoms with E-state index in [2.05, 4.69) is 15.6 Å². The van der Waals surface area contributed by atoms with Gasteiger partial charge < -0.3 is 20.1 Å². The number of unbranched alkanes of at least 4 members (excludes halogenated alkanes) is 1. The summed E-state index contributed by atoms with van der Waals surface area (Å²) in [5.74, 6) is -0.361. The largest absolute Gasteiger partial charge is 0.367 e. The van der Waals surface area contributed by atoms with E-state index in [1.165, 1.54) is 12.1 Å². The number of halogens is 3. The minimum atomic E-state index is -0.566. The molecular formula is C23H32F2IN5O. The van der Waals surface area contributed by atoms with Gasteiger partial charge in [-0.1, -0.05) is 6.07 Å². The van der Waals surface area contributed by atoms with Crippen LogP contribution in [0.4, 0.5) is 14.5 Å². The number of nitrogens with zero attached hydrogens (tertiary/aromatic N) is 3. The Balaban J connectivity index is 0.00000363. The Bertz CT molecular complexity index is 966. The fourth-order valence-electron chi connectivity index (χ4n) is 3.83. The fraction of sp³-hybridized carbons (Fsp3) is 0.478. The van der Waals surface area contributed by atoms with Crippen molar-refractivity contribution in [2.45, 2.75) is 45.7 Å². The van der Waals surface area contributed by atoms with E-state index >= 15 is 0 Å². The number of hydrogen-bond acceptors (Lipinski definition) is 3. The quantitative estimate of drug-likeness (QED) is 0.225. The molecule has 1 aliphatic rings. The van der Waals surface area contributed by atoms with Crippen molar-refractivity contribution in [1.82, 2.24) is 15.2 Å². The molecule has 2 N–H and O–H groups in total. The first kappa shape index (κ1) is 26.1. The predicted octanol–water partition coefficient (Wildman–Crippen LogP) is 3.67. The first-order valence-corrected chi connectivity index (χ1v) is 10.9. The standard InChI is InChI=1S/C23H31F2N5O.HI/c1-3-26-23(27-12-4-5-13-30-17(2)7-6-8-22(30)31)28-19-11-14-29(16-19)21-10-9-18(24)15-20(21)25;/h6-10,15,19H,3-5,11-14,16H2,1-2H3,(H2,26,27,28);1H. The second-order valence-corrected chi connectivity index (χ2v) is 7.80. The number of guanidine groups is 1. The summed E-state index contributed by atoms with van der Waals surface area (Å²) < 4.78 is 29.0. The highest BCUT2D eigenvalue weighted by Gasteiger charge is 2.25. The number of aromatic nitrogens is 1. The third-order valence-electron chi connectivity index (χ3n) is 5.45. The Labute approximate surface area is 205 Å². The number of hydrogen-bond donors (Lipinski definition) is 2. The molecule has 0 saturated carbocycles. The molecule has 0 radical (unpaired) electrons. The Morgan fingerprint density at radius 3 is 2.75 bits per heavy atom. The summed E-state index contributed by atoms with van der Waals surface area (Å²) >= 11 is 0. The van der Waals surface area contributed by atoms with Crippen LogP contribution >= 0.6 is 24.0 Å². The molecule has 1 atom stereocenters. The van der Waals surface area contributed by atoms with E-state index in [0.717, 1.165) is 43.5 Å². The molecule has 32 heavy (non-hydrogen) atoms. The number of benzene rings is 1. The van der Waals surface area contributed by atoms with Gasteiger partial charge in [0.2, 0.25) is 0 Å². The van der Waals surface area contributed by atoms with Crippen LogP contribution < -0.4 is 21.1 Å². The summed E-state index contributed by atoms with van der Waals surface area (Å²) in [5, 5.41) is 6.67. The van der Waals surface area contributed by atoms with E-state index in [1.807, 2.05) is 24.8 Å². The van der Waals surface area contributed by atoms with E-state index in [9.17, 15) is 13.6 Å². The van der Waals surface area contributed by atoms with Gasteiger partial charge in [-0.3, -0.25) is 9.79 Å². The predicted molar refractivity (Wildman–Crippen MR) is 136 cm³/mol. The third-order valence-corrected chi connectivity index (χ3v) is 5.45. The lowest BCUT2D eigenvalue weighted by Gasteiger charge is -2.21. The summed E-state index contributed by atoms with van der Waals surface area (Å²) in [4.78, 5) is 18.5. The Hall–Kier alpha value is -2.17. The van der Waals surface area contributed by atoms with Crippen LogP contribution in [0.2, 0.25) is 0 Å². The molecule has 0 bridgehead atoms. The van der Waals surface area contributed by atoms with Crippen LogP contribution in [0.25, 0.3) is 0 Å². The molecule has 2 heterocycles. The van der Waals surface area contributed by atoms with Gasteiger partial charge in [-0.2, -0.15) is 0 Å². The number of anilines is 1. The Morgan fingerprint density at radius 2 is 2.03 bits per heavy atom. The van der Waals surface area contributed by atoms with Crippen LogP contribution in [0.5, 0.6) is 0 Å². The van der Waals surface area contributed by atoms with Crippen LogP contribution in [-0.4, -0.2) is 42.7 Å². The van der Waals surface area contributed by atoms with Crippen molar-refractivity contribution in [3.05, 3.63) is 64.1 Å². The van der Waals surface area contributed by atoms with Gasteiger partial charge in [-0.25, -0.2) is 8.78 Å². The molecule has 0 amide bonds. The van der Waals surface area contributed by atoms with E-state index in [-0.39, 0.29) is 35.6 Å². The van der Waals surface area contributed by atoms with E-state index in [1.54, 1.807) is 16.7 Å². The highest BCUT2D eigenvalue weighted by atomic mass is 127. The first-order valence-electron chi connectivity index (χ1n) is 10.9. The fourth-order valence-corrected chi connectivity index (χ4v) is 3.83. The lowest BCUT2D eigenvalue weighted by Crippen LogP contribution is -2.44. The van der Waals surface area contributed by atoms with E-state index < -0.39 is 11.6 Å². The van der Waals surface area contributed by atoms with Crippen molar-refractivity contribution < 1.29 is 8.78 Å². The summed E-state index contributed by atoms with van der Waals surface area (Å²) in [7, 11) is 0. The molecule has 2 aromatic rings. The highest BCUT2D eigenvalue weighted by Crippen LogP contribution is 2.24. The molecule has 3 rings (SSSR count). The number of aliphatic imine (C=N–C) groups is 1. The maximum Gasteiger partial charge on any atom is 0.250 e. The van der Waals surface area contributed by atoms with Gasteiger partial charge >= 0.3 is 0 Å². The number of pyridine rings is 1. The summed E-state index contributed by atoms with van der Waals surface area (Å²) in [5.41, 5.74) is 1.43. The molecule has 0 spiro atoms. The topological polar surface area (TPSA) is 61.7 Å². The van der Waals surface area contributed by atoms with Gasteiger partial charge in [0.15, 0.2) is 5.96 Å². The van der Waals surface area contributed by atoms with Crippen LogP contribution in [0.1, 0.15) is 31.9 Å². The minimum absolute atomic E-state index is 0. The molecular weight excluding hydrogens is 527 g/mol. The third kappa shape index (κ3) is 7.18. The summed E-state index contributed by atoms with van der Waals surface area (Å²) in [6.07, 6.45) is 2.58. The molecule has 1 unspecified atom stereocenters. The van der Waals surface area contributed by atoms with Gasteiger partial charge in [-0.05, 0) is 51.3 Å². The van der Waals surface area contributed by atoms with Crippen molar-refractivity contribution in [2.75, 3.05) is 31.1 Å². The maximum absolute atomic E-state index is 14.1. The average molecular weight is 559 g/mol. The van der Waals surface area contributed by atoms with Crippen molar-refractivity contribution >= 4 is 35.6 Å². The molecule has 1 fully saturated rings. The highest BCUT2D eigenvalue weighted by molar-refractivity contribution is 14.0. The van der Waals surface area contributed by atoms with Gasteiger partial charge in [-0.15, -0.1) is 24.0 Å². The van der Waals surface area contributed by atoms with Gasteiger partial charge in [0.25, 0.3) is 5.56 Å². The van der Waals surface area contributed by atoms with Crippen molar-refractivity contribution in [3.8, 4) is 0 Å². The number of aryl methyl sites for hydroxylation is 1. The van der Waals surface area contributed by atoms with Crippen LogP contribution in [0.3, 0.4) is 0 Å². The molecule has 176 valence electrons. The molecule has 1 aromatic carbocycles. The number of nitrogens with one attached hydrogen (secondary N) is 2. The number of rotatable bonds is 8. The van der Waals surface area contributed by atoms with Crippen molar-refractivity contribution in [2.24, 2.45) is 4.99 Å². The zero-order valence-corrected chi connectivity index (χ0v) is 20.9. The minimum Gasteiger partial charge on any atom is -0.367 e. The van der Waals surface area contributed by atoms with Gasteiger partial charge in [0.1, 0.15) is 11.6 Å². The molecule has 1 aliphatic heterocycles. The zero-order valence-electron chi connectivity index (χ0n) is 18.6. The van der Waals surface area contributed by atoms with E-state index in [4.69, 9.17) is 0 Å².